The molecule has 2 nitrogen and oxygen atoms in total. The summed E-state index contributed by atoms with van der Waals surface area (Å²) < 4.78 is 13.6. The Kier molecular flexibility index (Phi) is 5.12. The zero-order chi connectivity index (χ0) is 15.4. The summed E-state index contributed by atoms with van der Waals surface area (Å²) >= 11 is 3.16. The summed E-state index contributed by atoms with van der Waals surface area (Å²) in [7, 11) is 0. The zero-order valence-corrected chi connectivity index (χ0v) is 13.6. The molecule has 0 unspecified atom stereocenters. The van der Waals surface area contributed by atoms with Crippen molar-refractivity contribution in [2.75, 3.05) is 6.54 Å². The molecule has 1 N–H and O–H groups in total. The highest BCUT2D eigenvalue weighted by molar-refractivity contribution is 9.10. The van der Waals surface area contributed by atoms with Crippen molar-refractivity contribution in [2.24, 2.45) is 0 Å². The summed E-state index contributed by atoms with van der Waals surface area (Å²) in [5.74, 6) is -0.351. The van der Waals surface area contributed by atoms with Gasteiger partial charge in [0.05, 0.1) is 4.47 Å². The van der Waals surface area contributed by atoms with Gasteiger partial charge in [-0.15, -0.1) is 0 Å². The number of rotatable bonds is 4. The Morgan fingerprint density at radius 1 is 1.24 bits per heavy atom. The molecule has 2 aromatic carbocycles. The minimum atomic E-state index is -0.279. The van der Waals surface area contributed by atoms with Crippen LogP contribution in [0.1, 0.15) is 27.0 Å². The van der Waals surface area contributed by atoms with Crippen molar-refractivity contribution in [1.29, 1.82) is 0 Å². The fraction of sp³-hybridized carbons (Fsp3) is 0.235. The third kappa shape index (κ3) is 3.91. The summed E-state index contributed by atoms with van der Waals surface area (Å²) in [4.78, 5) is 12.1. The van der Waals surface area contributed by atoms with Crippen LogP contribution in [0.25, 0.3) is 0 Å². The molecule has 21 heavy (non-hydrogen) atoms. The van der Waals surface area contributed by atoms with Crippen molar-refractivity contribution in [2.45, 2.75) is 20.3 Å². The first kappa shape index (κ1) is 15.7. The minimum absolute atomic E-state index is 0.0719. The van der Waals surface area contributed by atoms with E-state index in [4.69, 9.17) is 0 Å². The molecule has 0 aliphatic heterocycles. The van der Waals surface area contributed by atoms with Crippen LogP contribution in [-0.2, 0) is 6.42 Å². The van der Waals surface area contributed by atoms with Gasteiger partial charge < -0.3 is 5.32 Å². The lowest BCUT2D eigenvalue weighted by molar-refractivity contribution is 0.0953. The van der Waals surface area contributed by atoms with Crippen LogP contribution in [0, 0.1) is 19.7 Å². The molecule has 0 saturated carbocycles. The quantitative estimate of drug-likeness (QED) is 0.881. The monoisotopic (exact) mass is 349 g/mol. The summed E-state index contributed by atoms with van der Waals surface area (Å²) in [6.07, 6.45) is 0.662. The maximum Gasteiger partial charge on any atom is 0.251 e. The molecule has 0 fully saturated rings. The first-order valence-corrected chi connectivity index (χ1v) is 7.56. The van der Waals surface area contributed by atoms with Gasteiger partial charge in [-0.3, -0.25) is 4.79 Å². The van der Waals surface area contributed by atoms with Crippen molar-refractivity contribution >= 4 is 21.8 Å². The molecule has 2 rings (SSSR count). The largest absolute Gasteiger partial charge is 0.352 e. The van der Waals surface area contributed by atoms with Gasteiger partial charge >= 0.3 is 0 Å². The maximum absolute atomic E-state index is 13.1. The first-order valence-electron chi connectivity index (χ1n) is 6.77. The fourth-order valence-corrected chi connectivity index (χ4v) is 2.53. The second-order valence-electron chi connectivity index (χ2n) is 5.00. The SMILES string of the molecule is Cc1cccc(C(=O)NCCc2ccc(F)c(Br)c2)c1C. The standard InChI is InChI=1S/C17H17BrFNO/c1-11-4-3-5-14(12(11)2)17(21)20-9-8-13-6-7-16(19)15(18)10-13/h3-7,10H,8-9H2,1-2H3,(H,20,21). The van der Waals surface area contributed by atoms with Crippen molar-refractivity contribution < 1.29 is 9.18 Å². The van der Waals surface area contributed by atoms with Gasteiger partial charge in [0.1, 0.15) is 5.82 Å². The number of aryl methyl sites for hydroxylation is 1. The molecular weight excluding hydrogens is 333 g/mol. The van der Waals surface area contributed by atoms with E-state index in [-0.39, 0.29) is 11.7 Å². The van der Waals surface area contributed by atoms with Crippen LogP contribution in [0.5, 0.6) is 0 Å². The van der Waals surface area contributed by atoms with Gasteiger partial charge in [0.2, 0.25) is 0 Å². The van der Waals surface area contributed by atoms with Gasteiger partial charge in [-0.1, -0.05) is 18.2 Å². The lowest BCUT2D eigenvalue weighted by Gasteiger charge is -2.09. The van der Waals surface area contributed by atoms with E-state index in [1.165, 1.54) is 6.07 Å². The van der Waals surface area contributed by atoms with Gasteiger partial charge in [0, 0.05) is 12.1 Å². The van der Waals surface area contributed by atoms with E-state index >= 15 is 0 Å². The molecule has 4 heteroatoms. The third-order valence-electron chi connectivity index (χ3n) is 3.53. The third-order valence-corrected chi connectivity index (χ3v) is 4.14. The molecule has 0 aromatic heterocycles. The van der Waals surface area contributed by atoms with E-state index in [0.29, 0.717) is 23.0 Å². The predicted molar refractivity (Wildman–Crippen MR) is 86.1 cm³/mol. The molecule has 110 valence electrons. The van der Waals surface area contributed by atoms with Crippen LogP contribution in [-0.4, -0.2) is 12.5 Å². The Morgan fingerprint density at radius 3 is 2.71 bits per heavy atom. The topological polar surface area (TPSA) is 29.1 Å². The molecule has 0 aliphatic carbocycles. The van der Waals surface area contributed by atoms with Crippen LogP contribution in [0.4, 0.5) is 4.39 Å². The van der Waals surface area contributed by atoms with Gasteiger partial charge in [0.25, 0.3) is 5.91 Å². The number of halogens is 2. The smallest absolute Gasteiger partial charge is 0.251 e. The Labute approximate surface area is 132 Å². The van der Waals surface area contributed by atoms with Crippen LogP contribution in [0.2, 0.25) is 0 Å². The average Bonchev–Trinajstić information content (AvgIpc) is 2.45. The maximum atomic E-state index is 13.1. The first-order chi connectivity index (χ1) is 9.99. The summed E-state index contributed by atoms with van der Waals surface area (Å²) in [6.45, 7) is 4.45. The Morgan fingerprint density at radius 2 is 2.00 bits per heavy atom. The molecular formula is C17H17BrFNO. The van der Waals surface area contributed by atoms with E-state index in [2.05, 4.69) is 21.2 Å². The number of benzene rings is 2. The molecule has 0 spiro atoms. The lowest BCUT2D eigenvalue weighted by atomic mass is 10.0. The van der Waals surface area contributed by atoms with Crippen LogP contribution in [0.15, 0.2) is 40.9 Å². The zero-order valence-electron chi connectivity index (χ0n) is 12.0. The molecule has 0 atom stereocenters. The van der Waals surface area contributed by atoms with Crippen LogP contribution < -0.4 is 5.32 Å². The lowest BCUT2D eigenvalue weighted by Crippen LogP contribution is -2.26. The molecule has 0 aliphatic rings. The van der Waals surface area contributed by atoms with Crippen molar-refractivity contribution in [3.05, 3.63) is 68.9 Å². The van der Waals surface area contributed by atoms with E-state index in [0.717, 1.165) is 16.7 Å². The highest BCUT2D eigenvalue weighted by Gasteiger charge is 2.09. The molecule has 0 bridgehead atoms. The Balaban J connectivity index is 1.95. The number of carbonyl (C=O) groups is 1. The summed E-state index contributed by atoms with van der Waals surface area (Å²) in [5, 5.41) is 2.90. The van der Waals surface area contributed by atoms with Crippen molar-refractivity contribution in [3.63, 3.8) is 0 Å². The molecule has 0 saturated heterocycles. The van der Waals surface area contributed by atoms with E-state index < -0.39 is 0 Å². The van der Waals surface area contributed by atoms with Crippen molar-refractivity contribution in [1.82, 2.24) is 5.32 Å². The average molecular weight is 350 g/mol. The minimum Gasteiger partial charge on any atom is -0.352 e. The van der Waals surface area contributed by atoms with Gasteiger partial charge in [-0.2, -0.15) is 0 Å². The van der Waals surface area contributed by atoms with Gasteiger partial charge in [-0.05, 0) is 71.1 Å². The van der Waals surface area contributed by atoms with Gasteiger partial charge in [-0.25, -0.2) is 4.39 Å². The number of amides is 1. The fourth-order valence-electron chi connectivity index (χ4n) is 2.11. The highest BCUT2D eigenvalue weighted by atomic mass is 79.9. The van der Waals surface area contributed by atoms with E-state index in [1.807, 2.05) is 32.0 Å². The number of carbonyl (C=O) groups excluding carboxylic acids is 1. The molecule has 0 radical (unpaired) electrons. The molecule has 2 aromatic rings. The van der Waals surface area contributed by atoms with Gasteiger partial charge in [0.15, 0.2) is 0 Å². The van der Waals surface area contributed by atoms with E-state index in [9.17, 15) is 9.18 Å². The number of hydrogen-bond donors (Lipinski definition) is 1. The second-order valence-corrected chi connectivity index (χ2v) is 5.86. The van der Waals surface area contributed by atoms with Crippen LogP contribution >= 0.6 is 15.9 Å². The Hall–Kier alpha value is -1.68. The predicted octanol–water partition coefficient (Wildman–Crippen LogP) is 4.18. The van der Waals surface area contributed by atoms with E-state index in [1.54, 1.807) is 12.1 Å². The summed E-state index contributed by atoms with van der Waals surface area (Å²) in [6, 6.07) is 10.6. The number of nitrogens with one attached hydrogen (secondary N) is 1. The number of hydrogen-bond acceptors (Lipinski definition) is 1. The second kappa shape index (κ2) is 6.85. The molecule has 1 amide bonds. The highest BCUT2D eigenvalue weighted by Crippen LogP contribution is 2.17. The Bertz CT molecular complexity index is 670. The normalized spacial score (nSPS) is 10.5. The summed E-state index contributed by atoms with van der Waals surface area (Å²) in [5.41, 5.74) is 3.78. The van der Waals surface area contributed by atoms with Crippen molar-refractivity contribution in [3.8, 4) is 0 Å². The molecule has 0 heterocycles. The van der Waals surface area contributed by atoms with Crippen LogP contribution in [0.3, 0.4) is 0 Å².